The van der Waals surface area contributed by atoms with Crippen molar-refractivity contribution in [3.8, 4) is 0 Å². The van der Waals surface area contributed by atoms with Gasteiger partial charge in [-0.25, -0.2) is 9.97 Å². The Morgan fingerprint density at radius 3 is 2.94 bits per heavy atom. The topological polar surface area (TPSA) is 25.8 Å². The van der Waals surface area contributed by atoms with Crippen molar-refractivity contribution in [2.45, 2.75) is 38.4 Å². The molecule has 0 aromatic carbocycles. The van der Waals surface area contributed by atoms with Crippen molar-refractivity contribution in [1.29, 1.82) is 0 Å². The third-order valence-electron chi connectivity index (χ3n) is 3.25. The van der Waals surface area contributed by atoms with Gasteiger partial charge in [0.2, 0.25) is 0 Å². The van der Waals surface area contributed by atoms with Gasteiger partial charge in [-0.1, -0.05) is 18.5 Å². The highest BCUT2D eigenvalue weighted by Gasteiger charge is 2.20. The number of rotatable bonds is 3. The molecule has 0 N–H and O–H groups in total. The number of aryl methyl sites for hydroxylation is 2. The summed E-state index contributed by atoms with van der Waals surface area (Å²) in [5.74, 6) is 2.81. The number of thiophene rings is 1. The SMILES string of the molecule is CCSCc1nc(Cl)c2c3c(sc2n1)CCCC3. The Bertz CT molecular complexity index is 580. The summed E-state index contributed by atoms with van der Waals surface area (Å²) >= 11 is 10.0. The largest absolute Gasteiger partial charge is 0.221 e. The summed E-state index contributed by atoms with van der Waals surface area (Å²) in [5, 5.41) is 1.78. The summed E-state index contributed by atoms with van der Waals surface area (Å²) in [7, 11) is 0. The Balaban J connectivity index is 2.08. The van der Waals surface area contributed by atoms with Gasteiger partial charge in [0.15, 0.2) is 0 Å². The molecule has 0 amide bonds. The molecule has 0 spiro atoms. The Morgan fingerprint density at radius 1 is 1.28 bits per heavy atom. The first-order valence-corrected chi connectivity index (χ1v) is 8.69. The van der Waals surface area contributed by atoms with Gasteiger partial charge < -0.3 is 0 Å². The van der Waals surface area contributed by atoms with Crippen molar-refractivity contribution in [2.24, 2.45) is 0 Å². The molecule has 1 aliphatic rings. The van der Waals surface area contributed by atoms with Crippen LogP contribution in [0.5, 0.6) is 0 Å². The van der Waals surface area contributed by atoms with E-state index in [1.165, 1.54) is 29.7 Å². The van der Waals surface area contributed by atoms with Gasteiger partial charge in [0.1, 0.15) is 15.8 Å². The maximum Gasteiger partial charge on any atom is 0.141 e. The minimum atomic E-state index is 0.658. The van der Waals surface area contributed by atoms with E-state index in [9.17, 15) is 0 Å². The molecule has 2 aromatic rings. The number of aromatic nitrogens is 2. The van der Waals surface area contributed by atoms with Crippen LogP contribution in [0.25, 0.3) is 10.2 Å². The fraction of sp³-hybridized carbons (Fsp3) is 0.538. The molecule has 0 atom stereocenters. The van der Waals surface area contributed by atoms with Gasteiger partial charge in [0.25, 0.3) is 0 Å². The van der Waals surface area contributed by atoms with Crippen molar-refractivity contribution < 1.29 is 0 Å². The summed E-state index contributed by atoms with van der Waals surface area (Å²) in [6.07, 6.45) is 4.89. The number of fused-ring (bicyclic) bond motifs is 3. The second-order valence-electron chi connectivity index (χ2n) is 4.46. The lowest BCUT2D eigenvalue weighted by Gasteiger charge is -2.10. The zero-order valence-electron chi connectivity index (χ0n) is 10.3. The van der Waals surface area contributed by atoms with Crippen molar-refractivity contribution in [3.05, 3.63) is 21.4 Å². The van der Waals surface area contributed by atoms with Gasteiger partial charge in [-0.3, -0.25) is 0 Å². The van der Waals surface area contributed by atoms with E-state index in [1.54, 1.807) is 0 Å². The Morgan fingerprint density at radius 2 is 2.11 bits per heavy atom. The number of hydrogen-bond donors (Lipinski definition) is 0. The monoisotopic (exact) mass is 298 g/mol. The molecular weight excluding hydrogens is 284 g/mol. The molecule has 3 rings (SSSR count). The third kappa shape index (κ3) is 2.26. The number of thioether (sulfide) groups is 1. The first kappa shape index (κ1) is 12.7. The van der Waals surface area contributed by atoms with Crippen molar-refractivity contribution in [2.75, 3.05) is 5.75 Å². The van der Waals surface area contributed by atoms with E-state index in [1.807, 2.05) is 23.1 Å². The van der Waals surface area contributed by atoms with E-state index in [2.05, 4.69) is 16.9 Å². The van der Waals surface area contributed by atoms with Gasteiger partial charge in [-0.2, -0.15) is 11.8 Å². The highest BCUT2D eigenvalue weighted by atomic mass is 35.5. The molecule has 2 heterocycles. The van der Waals surface area contributed by atoms with E-state index < -0.39 is 0 Å². The summed E-state index contributed by atoms with van der Waals surface area (Å²) in [5.41, 5.74) is 1.42. The molecule has 2 aromatic heterocycles. The average Bonchev–Trinajstić information content (AvgIpc) is 2.74. The molecule has 0 bridgehead atoms. The standard InChI is InChI=1S/C13H15ClN2S2/c1-2-17-7-10-15-12(14)11-8-5-3-4-6-9(8)18-13(11)16-10/h2-7H2,1H3. The Kier molecular flexibility index (Phi) is 3.78. The second kappa shape index (κ2) is 5.35. The lowest BCUT2D eigenvalue weighted by Crippen LogP contribution is -1.99. The van der Waals surface area contributed by atoms with Crippen LogP contribution in [0.4, 0.5) is 0 Å². The quantitative estimate of drug-likeness (QED) is 0.782. The molecule has 2 nitrogen and oxygen atoms in total. The molecule has 18 heavy (non-hydrogen) atoms. The maximum atomic E-state index is 6.37. The smallest absolute Gasteiger partial charge is 0.141 e. The molecule has 96 valence electrons. The summed E-state index contributed by atoms with van der Waals surface area (Å²) in [6, 6.07) is 0. The molecule has 5 heteroatoms. The summed E-state index contributed by atoms with van der Waals surface area (Å²) < 4.78 is 0. The summed E-state index contributed by atoms with van der Waals surface area (Å²) in [6.45, 7) is 2.15. The van der Waals surface area contributed by atoms with Crippen LogP contribution in [0.3, 0.4) is 0 Å². The number of nitrogens with zero attached hydrogens (tertiary/aromatic N) is 2. The van der Waals surface area contributed by atoms with Crippen LogP contribution in [-0.4, -0.2) is 15.7 Å². The highest BCUT2D eigenvalue weighted by molar-refractivity contribution is 7.98. The first-order chi connectivity index (χ1) is 8.79. The van der Waals surface area contributed by atoms with Crippen LogP contribution >= 0.6 is 34.7 Å². The van der Waals surface area contributed by atoms with Crippen molar-refractivity contribution >= 4 is 44.9 Å². The van der Waals surface area contributed by atoms with Gasteiger partial charge in [0, 0.05) is 4.88 Å². The molecule has 0 saturated carbocycles. The normalized spacial score (nSPS) is 15.0. The van der Waals surface area contributed by atoms with E-state index in [0.29, 0.717) is 5.15 Å². The minimum absolute atomic E-state index is 0.658. The van der Waals surface area contributed by atoms with Crippen molar-refractivity contribution in [1.82, 2.24) is 9.97 Å². The van der Waals surface area contributed by atoms with Gasteiger partial charge in [-0.15, -0.1) is 11.3 Å². The van der Waals surface area contributed by atoms with Crippen LogP contribution in [0, 0.1) is 0 Å². The van der Waals surface area contributed by atoms with Crippen LogP contribution in [0.2, 0.25) is 5.15 Å². The number of hydrogen-bond acceptors (Lipinski definition) is 4. The third-order valence-corrected chi connectivity index (χ3v) is 5.58. The lowest BCUT2D eigenvalue weighted by molar-refractivity contribution is 0.700. The number of halogens is 1. The Labute approximate surface area is 120 Å². The van der Waals surface area contributed by atoms with Crippen LogP contribution in [-0.2, 0) is 18.6 Å². The van der Waals surface area contributed by atoms with Crippen molar-refractivity contribution in [3.63, 3.8) is 0 Å². The molecule has 0 saturated heterocycles. The van der Waals surface area contributed by atoms with E-state index in [4.69, 9.17) is 11.6 Å². The molecule has 1 aliphatic carbocycles. The molecule has 0 aliphatic heterocycles. The van der Waals surface area contributed by atoms with Gasteiger partial charge in [-0.05, 0) is 37.0 Å². The van der Waals surface area contributed by atoms with E-state index >= 15 is 0 Å². The minimum Gasteiger partial charge on any atom is -0.221 e. The fourth-order valence-electron chi connectivity index (χ4n) is 2.41. The zero-order valence-corrected chi connectivity index (χ0v) is 12.7. The van der Waals surface area contributed by atoms with Crippen LogP contribution < -0.4 is 0 Å². The van der Waals surface area contributed by atoms with Gasteiger partial charge in [0.05, 0.1) is 11.1 Å². The zero-order chi connectivity index (χ0) is 12.5. The van der Waals surface area contributed by atoms with Crippen LogP contribution in [0.15, 0.2) is 0 Å². The highest BCUT2D eigenvalue weighted by Crippen LogP contribution is 2.38. The average molecular weight is 299 g/mol. The Hall–Kier alpha value is -0.320. The molecular formula is C13H15ClN2S2. The predicted molar refractivity (Wildman–Crippen MR) is 80.9 cm³/mol. The molecule has 0 radical (unpaired) electrons. The predicted octanol–water partition coefficient (Wildman–Crippen LogP) is 4.48. The van der Waals surface area contributed by atoms with E-state index in [-0.39, 0.29) is 0 Å². The molecule has 0 unspecified atom stereocenters. The van der Waals surface area contributed by atoms with Gasteiger partial charge >= 0.3 is 0 Å². The first-order valence-electron chi connectivity index (χ1n) is 6.34. The second-order valence-corrected chi connectivity index (χ2v) is 7.17. The maximum absolute atomic E-state index is 6.37. The van der Waals surface area contributed by atoms with E-state index in [0.717, 1.165) is 34.0 Å². The lowest BCUT2D eigenvalue weighted by atomic mass is 9.97. The fourth-order valence-corrected chi connectivity index (χ4v) is 4.57. The van der Waals surface area contributed by atoms with Crippen LogP contribution in [0.1, 0.15) is 36.0 Å². The summed E-state index contributed by atoms with van der Waals surface area (Å²) in [4.78, 5) is 11.7. The molecule has 0 fully saturated rings.